The van der Waals surface area contributed by atoms with Crippen molar-refractivity contribution in [2.45, 2.75) is 33.6 Å². The molecule has 26 heavy (non-hydrogen) atoms. The second-order valence-electron chi connectivity index (χ2n) is 6.01. The first kappa shape index (κ1) is 20.3. The van der Waals surface area contributed by atoms with Crippen LogP contribution in [0.15, 0.2) is 58.5 Å². The Hall–Kier alpha value is -2.04. The summed E-state index contributed by atoms with van der Waals surface area (Å²) in [6, 6.07) is 10.5. The molecular weight excluding hydrogens is 342 g/mol. The summed E-state index contributed by atoms with van der Waals surface area (Å²) in [5.74, 6) is 0.620. The summed E-state index contributed by atoms with van der Waals surface area (Å²) in [6.45, 7) is 6.34. The van der Waals surface area contributed by atoms with Gasteiger partial charge in [-0.15, -0.1) is 0 Å². The minimum Gasteiger partial charge on any atom is -0.481 e. The first-order valence-electron chi connectivity index (χ1n) is 8.84. The number of pyridine rings is 1. The predicted molar refractivity (Wildman–Crippen MR) is 111 cm³/mol. The van der Waals surface area contributed by atoms with Gasteiger partial charge in [0.25, 0.3) is 0 Å². The second-order valence-corrected chi connectivity index (χ2v) is 7.26. The molecule has 0 saturated heterocycles. The molecule has 1 heterocycles. The third kappa shape index (κ3) is 5.48. The zero-order chi connectivity index (χ0) is 18.9. The van der Waals surface area contributed by atoms with Gasteiger partial charge < -0.3 is 9.84 Å². The average Bonchev–Trinajstić information content (AvgIpc) is 2.68. The van der Waals surface area contributed by atoms with Crippen LogP contribution < -0.4 is 4.74 Å². The van der Waals surface area contributed by atoms with E-state index in [2.05, 4.69) is 49.2 Å². The molecule has 0 aliphatic heterocycles. The van der Waals surface area contributed by atoms with Gasteiger partial charge in [-0.2, -0.15) is 0 Å². The van der Waals surface area contributed by atoms with Crippen molar-refractivity contribution in [3.8, 4) is 17.0 Å². The van der Waals surface area contributed by atoms with Gasteiger partial charge in [0.05, 0.1) is 13.7 Å². The fraction of sp³-hybridized carbons (Fsp3) is 0.318. The van der Waals surface area contributed by atoms with Crippen molar-refractivity contribution in [1.82, 2.24) is 4.98 Å². The lowest BCUT2D eigenvalue weighted by atomic mass is 9.97. The molecule has 0 aliphatic rings. The molecule has 0 unspecified atom stereocenters. The molecule has 4 heteroatoms. The topological polar surface area (TPSA) is 42.4 Å². The maximum absolute atomic E-state index is 9.51. The van der Waals surface area contributed by atoms with Crippen molar-refractivity contribution in [2.75, 3.05) is 13.7 Å². The molecular formula is C22H27NO2S. The third-order valence-corrected chi connectivity index (χ3v) is 5.31. The predicted octanol–water partition coefficient (Wildman–Crippen LogP) is 5.53. The Kier molecular flexibility index (Phi) is 7.95. The lowest BCUT2D eigenvalue weighted by Gasteiger charge is -2.12. The van der Waals surface area contributed by atoms with E-state index >= 15 is 0 Å². The monoisotopic (exact) mass is 369 g/mol. The van der Waals surface area contributed by atoms with Gasteiger partial charge in [-0.25, -0.2) is 4.98 Å². The van der Waals surface area contributed by atoms with E-state index in [9.17, 15) is 5.11 Å². The molecule has 2 aromatic rings. The molecule has 0 radical (unpaired) electrons. The summed E-state index contributed by atoms with van der Waals surface area (Å²) in [4.78, 5) is 6.44. The third-order valence-electron chi connectivity index (χ3n) is 4.11. The van der Waals surface area contributed by atoms with E-state index in [0.29, 0.717) is 5.88 Å². The zero-order valence-corrected chi connectivity index (χ0v) is 16.8. The van der Waals surface area contributed by atoms with Gasteiger partial charge in [-0.1, -0.05) is 49.0 Å². The number of aliphatic hydroxyl groups excluding tert-OH is 1. The van der Waals surface area contributed by atoms with Crippen LogP contribution >= 0.6 is 11.8 Å². The zero-order valence-electron chi connectivity index (χ0n) is 16.0. The largest absolute Gasteiger partial charge is 0.481 e. The number of rotatable bonds is 8. The normalized spacial score (nSPS) is 12.3. The summed E-state index contributed by atoms with van der Waals surface area (Å²) >= 11 is 1.66. The Morgan fingerprint density at radius 1 is 1.23 bits per heavy atom. The number of aryl methyl sites for hydroxylation is 1. The Labute approximate surface area is 160 Å². The SMILES string of the molecule is C/C=C(/Cc1ccc(C)c(-c2ccnc(OC)c2)c1)S/C(=C\CC)CO. The highest BCUT2D eigenvalue weighted by molar-refractivity contribution is 8.06. The molecule has 0 amide bonds. The Balaban J connectivity index is 2.27. The van der Waals surface area contributed by atoms with Gasteiger partial charge in [-0.3, -0.25) is 0 Å². The van der Waals surface area contributed by atoms with Crippen molar-refractivity contribution in [2.24, 2.45) is 0 Å². The van der Waals surface area contributed by atoms with Crippen LogP contribution in [0.5, 0.6) is 5.88 Å². The summed E-state index contributed by atoms with van der Waals surface area (Å²) in [5.41, 5.74) is 4.76. The summed E-state index contributed by atoms with van der Waals surface area (Å²) < 4.78 is 5.25. The van der Waals surface area contributed by atoms with E-state index in [1.54, 1.807) is 25.1 Å². The van der Waals surface area contributed by atoms with Crippen LogP contribution in [0.1, 0.15) is 31.4 Å². The van der Waals surface area contributed by atoms with E-state index in [1.807, 2.05) is 19.1 Å². The average molecular weight is 370 g/mol. The highest BCUT2D eigenvalue weighted by Gasteiger charge is 2.08. The lowest BCUT2D eigenvalue weighted by molar-refractivity contribution is 0.339. The molecule has 0 atom stereocenters. The quantitative estimate of drug-likeness (QED) is 0.664. The van der Waals surface area contributed by atoms with Crippen LogP contribution in [0, 0.1) is 6.92 Å². The molecule has 2 rings (SSSR count). The molecule has 3 nitrogen and oxygen atoms in total. The van der Waals surface area contributed by atoms with Crippen LogP contribution in [-0.4, -0.2) is 23.8 Å². The number of benzene rings is 1. The van der Waals surface area contributed by atoms with Crippen LogP contribution in [-0.2, 0) is 6.42 Å². The van der Waals surface area contributed by atoms with Crippen LogP contribution in [0.3, 0.4) is 0 Å². The number of aliphatic hydroxyl groups is 1. The Bertz CT molecular complexity index is 796. The van der Waals surface area contributed by atoms with Gasteiger partial charge in [0.2, 0.25) is 5.88 Å². The summed E-state index contributed by atoms with van der Waals surface area (Å²) in [7, 11) is 1.63. The molecule has 0 saturated carbocycles. The van der Waals surface area contributed by atoms with Crippen molar-refractivity contribution < 1.29 is 9.84 Å². The number of hydrogen-bond donors (Lipinski definition) is 1. The maximum Gasteiger partial charge on any atom is 0.213 e. The summed E-state index contributed by atoms with van der Waals surface area (Å²) in [6.07, 6.45) is 7.75. The van der Waals surface area contributed by atoms with Gasteiger partial charge in [0, 0.05) is 23.6 Å². The van der Waals surface area contributed by atoms with Gasteiger partial charge in [0.15, 0.2) is 0 Å². The number of thioether (sulfide) groups is 1. The molecule has 0 fully saturated rings. The molecule has 1 aromatic heterocycles. The number of hydrogen-bond acceptors (Lipinski definition) is 4. The first-order chi connectivity index (χ1) is 12.6. The maximum atomic E-state index is 9.51. The number of ether oxygens (including phenoxy) is 1. The molecule has 0 aliphatic carbocycles. The van der Waals surface area contributed by atoms with Gasteiger partial charge in [0.1, 0.15) is 0 Å². The van der Waals surface area contributed by atoms with Crippen molar-refractivity contribution >= 4 is 11.8 Å². The van der Waals surface area contributed by atoms with Gasteiger partial charge in [-0.05, 0) is 53.5 Å². The fourth-order valence-corrected chi connectivity index (χ4v) is 3.72. The van der Waals surface area contributed by atoms with Crippen LogP contribution in [0.2, 0.25) is 0 Å². The van der Waals surface area contributed by atoms with E-state index in [4.69, 9.17) is 4.74 Å². The number of methoxy groups -OCH3 is 1. The smallest absolute Gasteiger partial charge is 0.213 e. The standard InChI is InChI=1S/C22H27NO2S/c1-5-7-20(15-24)26-19(6-2)12-17-9-8-16(3)21(13-17)18-10-11-23-22(14-18)25-4/h6-11,13-14,24H,5,12,15H2,1-4H3/b19-6-,20-7-. The lowest BCUT2D eigenvalue weighted by Crippen LogP contribution is -1.94. The van der Waals surface area contributed by atoms with Crippen molar-refractivity contribution in [1.29, 1.82) is 0 Å². The van der Waals surface area contributed by atoms with Crippen molar-refractivity contribution in [3.63, 3.8) is 0 Å². The molecule has 1 N–H and O–H groups in total. The fourth-order valence-electron chi connectivity index (χ4n) is 2.71. The van der Waals surface area contributed by atoms with Crippen LogP contribution in [0.25, 0.3) is 11.1 Å². The molecule has 138 valence electrons. The molecule has 0 bridgehead atoms. The number of nitrogens with zero attached hydrogens (tertiary/aromatic N) is 1. The second kappa shape index (κ2) is 10.2. The Morgan fingerprint density at radius 2 is 2.04 bits per heavy atom. The number of aromatic nitrogens is 1. The molecule has 0 spiro atoms. The van der Waals surface area contributed by atoms with E-state index < -0.39 is 0 Å². The minimum atomic E-state index is 0.0891. The van der Waals surface area contributed by atoms with Gasteiger partial charge >= 0.3 is 0 Å². The van der Waals surface area contributed by atoms with E-state index in [0.717, 1.165) is 23.3 Å². The van der Waals surface area contributed by atoms with E-state index in [-0.39, 0.29) is 6.61 Å². The van der Waals surface area contributed by atoms with Crippen LogP contribution in [0.4, 0.5) is 0 Å². The Morgan fingerprint density at radius 3 is 2.69 bits per heavy atom. The number of allylic oxidation sites excluding steroid dienone is 3. The highest BCUT2D eigenvalue weighted by atomic mass is 32.2. The first-order valence-corrected chi connectivity index (χ1v) is 9.65. The van der Waals surface area contributed by atoms with Crippen molar-refractivity contribution in [3.05, 3.63) is 69.6 Å². The van der Waals surface area contributed by atoms with E-state index in [1.165, 1.54) is 21.6 Å². The highest BCUT2D eigenvalue weighted by Crippen LogP contribution is 2.31. The molecule has 1 aromatic carbocycles. The summed E-state index contributed by atoms with van der Waals surface area (Å²) in [5, 5.41) is 9.51. The minimum absolute atomic E-state index is 0.0891.